The second-order valence-electron chi connectivity index (χ2n) is 4.68. The molecule has 18 heavy (non-hydrogen) atoms. The predicted molar refractivity (Wildman–Crippen MR) is 67.6 cm³/mol. The fourth-order valence-corrected chi connectivity index (χ4v) is 1.74. The van der Waals surface area contributed by atoms with Gasteiger partial charge in [-0.2, -0.15) is 9.97 Å². The predicted octanol–water partition coefficient (Wildman–Crippen LogP) is 0.00100. The van der Waals surface area contributed by atoms with Crippen LogP contribution in [0.5, 0.6) is 0 Å². The Hall–Kier alpha value is -2.38. The second-order valence-corrected chi connectivity index (χ2v) is 4.68. The number of carbonyl (C=O) groups excluding carboxylic acids is 1. The van der Waals surface area contributed by atoms with Gasteiger partial charge >= 0.3 is 0 Å². The summed E-state index contributed by atoms with van der Waals surface area (Å²) >= 11 is 0. The molecule has 2 heterocycles. The van der Waals surface area contributed by atoms with Crippen molar-refractivity contribution >= 4 is 28.8 Å². The number of amides is 1. The Bertz CT molecular complexity index is 589. The Morgan fingerprint density at radius 2 is 2.22 bits per heavy atom. The van der Waals surface area contributed by atoms with Crippen LogP contribution in [0.25, 0.3) is 11.2 Å². The fourth-order valence-electron chi connectivity index (χ4n) is 1.74. The number of nitrogens with two attached hydrogens (primary N) is 2. The third-order valence-electron chi connectivity index (χ3n) is 2.38. The lowest BCUT2D eigenvalue weighted by Crippen LogP contribution is -2.36. The smallest absolute Gasteiger partial charge is 0.224 e. The molecule has 0 spiro atoms. The molecule has 0 unspecified atom stereocenters. The van der Waals surface area contributed by atoms with Crippen molar-refractivity contribution in [2.75, 3.05) is 11.1 Å². The quantitative estimate of drug-likeness (QED) is 0.602. The molecule has 0 fully saturated rings. The number of H-pyrrole nitrogens is 1. The van der Waals surface area contributed by atoms with Crippen LogP contribution >= 0.6 is 0 Å². The summed E-state index contributed by atoms with van der Waals surface area (Å²) in [4.78, 5) is 26.0. The van der Waals surface area contributed by atoms with E-state index in [0.29, 0.717) is 17.0 Å². The van der Waals surface area contributed by atoms with E-state index >= 15 is 0 Å². The van der Waals surface area contributed by atoms with Gasteiger partial charge in [0.25, 0.3) is 0 Å². The number of hydrogen-bond acceptors (Lipinski definition) is 6. The number of nitrogens with zero attached hydrogens (tertiary/aromatic N) is 3. The van der Waals surface area contributed by atoms with Gasteiger partial charge in [0.05, 0.1) is 6.33 Å². The molecule has 2 aromatic rings. The van der Waals surface area contributed by atoms with E-state index in [1.807, 2.05) is 13.8 Å². The van der Waals surface area contributed by atoms with Gasteiger partial charge in [-0.1, -0.05) is 0 Å². The molecule has 0 aliphatic heterocycles. The summed E-state index contributed by atoms with van der Waals surface area (Å²) in [5.74, 6) is 0.226. The van der Waals surface area contributed by atoms with Crippen LogP contribution in [0, 0.1) is 0 Å². The highest BCUT2D eigenvalue weighted by Crippen LogP contribution is 2.22. The van der Waals surface area contributed by atoms with Gasteiger partial charge in [0, 0.05) is 12.0 Å². The van der Waals surface area contributed by atoms with Crippen LogP contribution in [0.4, 0.5) is 11.8 Å². The average Bonchev–Trinajstić information content (AvgIpc) is 2.61. The molecule has 0 saturated carbocycles. The summed E-state index contributed by atoms with van der Waals surface area (Å²) in [5, 5.41) is 3.12. The number of carbonyl (C=O) groups is 1. The standard InChI is InChI=1S/C10H15N7O/c1-10(2,3-5(11)18)17-8-6-7(14-4-13-6)15-9(12)16-8/h4H,3H2,1-2H3,(H2,11,18)(H4,12,13,14,15,16,17). The topological polar surface area (TPSA) is 136 Å². The fraction of sp³-hybridized carbons (Fsp3) is 0.400. The van der Waals surface area contributed by atoms with E-state index < -0.39 is 11.4 Å². The van der Waals surface area contributed by atoms with E-state index in [1.165, 1.54) is 6.33 Å². The molecule has 2 rings (SSSR count). The first-order chi connectivity index (χ1) is 8.37. The molecule has 0 aromatic carbocycles. The van der Waals surface area contributed by atoms with Crippen molar-refractivity contribution in [2.24, 2.45) is 5.73 Å². The number of rotatable bonds is 4. The van der Waals surface area contributed by atoms with Crippen molar-refractivity contribution in [3.63, 3.8) is 0 Å². The second kappa shape index (κ2) is 4.13. The minimum atomic E-state index is -0.537. The monoisotopic (exact) mass is 249 g/mol. The first-order valence-electron chi connectivity index (χ1n) is 5.40. The SMILES string of the molecule is CC(C)(CC(N)=O)Nc1nc(N)nc2nc[nH]c12. The number of aromatic nitrogens is 4. The van der Waals surface area contributed by atoms with Gasteiger partial charge in [-0.3, -0.25) is 4.79 Å². The van der Waals surface area contributed by atoms with Crippen LogP contribution in [0.1, 0.15) is 20.3 Å². The number of aromatic amines is 1. The maximum Gasteiger partial charge on any atom is 0.224 e. The van der Waals surface area contributed by atoms with Crippen molar-refractivity contribution in [3.05, 3.63) is 6.33 Å². The summed E-state index contributed by atoms with van der Waals surface area (Å²) in [6.45, 7) is 3.69. The van der Waals surface area contributed by atoms with Crippen LogP contribution in [-0.4, -0.2) is 31.4 Å². The summed E-state index contributed by atoms with van der Waals surface area (Å²) in [6, 6.07) is 0. The van der Waals surface area contributed by atoms with E-state index in [1.54, 1.807) is 0 Å². The van der Waals surface area contributed by atoms with Gasteiger partial charge in [0.15, 0.2) is 11.5 Å². The van der Waals surface area contributed by atoms with Crippen molar-refractivity contribution < 1.29 is 4.79 Å². The molecule has 8 heteroatoms. The van der Waals surface area contributed by atoms with E-state index in [4.69, 9.17) is 11.5 Å². The maximum absolute atomic E-state index is 11.0. The molecule has 0 atom stereocenters. The zero-order valence-electron chi connectivity index (χ0n) is 10.2. The van der Waals surface area contributed by atoms with Gasteiger partial charge in [0.1, 0.15) is 5.52 Å². The van der Waals surface area contributed by atoms with Crippen molar-refractivity contribution in [1.82, 2.24) is 19.9 Å². The van der Waals surface area contributed by atoms with Crippen LogP contribution in [0.2, 0.25) is 0 Å². The number of nitrogen functional groups attached to an aromatic ring is 1. The highest BCUT2D eigenvalue weighted by atomic mass is 16.1. The zero-order valence-corrected chi connectivity index (χ0v) is 10.2. The number of imidazole rings is 1. The third kappa shape index (κ3) is 2.47. The highest BCUT2D eigenvalue weighted by Gasteiger charge is 2.22. The van der Waals surface area contributed by atoms with Crippen LogP contribution in [-0.2, 0) is 4.79 Å². The lowest BCUT2D eigenvalue weighted by molar-refractivity contribution is -0.118. The van der Waals surface area contributed by atoms with Crippen molar-refractivity contribution in [2.45, 2.75) is 25.8 Å². The molecule has 0 saturated heterocycles. The van der Waals surface area contributed by atoms with E-state index in [2.05, 4.69) is 25.3 Å². The van der Waals surface area contributed by atoms with Gasteiger partial charge in [-0.15, -0.1) is 0 Å². The van der Waals surface area contributed by atoms with Crippen LogP contribution in [0.15, 0.2) is 6.33 Å². The molecular formula is C10H15N7O. The molecule has 0 aliphatic carbocycles. The molecule has 2 aromatic heterocycles. The van der Waals surface area contributed by atoms with Gasteiger partial charge in [0.2, 0.25) is 11.9 Å². The molecule has 6 N–H and O–H groups in total. The summed E-state index contributed by atoms with van der Waals surface area (Å²) in [7, 11) is 0. The van der Waals surface area contributed by atoms with E-state index in [-0.39, 0.29) is 12.4 Å². The number of anilines is 2. The minimum Gasteiger partial charge on any atom is -0.370 e. The van der Waals surface area contributed by atoms with Crippen LogP contribution < -0.4 is 16.8 Å². The number of nitrogens with one attached hydrogen (secondary N) is 2. The maximum atomic E-state index is 11.0. The van der Waals surface area contributed by atoms with E-state index in [0.717, 1.165) is 0 Å². The van der Waals surface area contributed by atoms with Crippen molar-refractivity contribution in [3.8, 4) is 0 Å². The molecule has 0 aliphatic rings. The molecular weight excluding hydrogens is 234 g/mol. The molecule has 8 nitrogen and oxygen atoms in total. The van der Waals surface area contributed by atoms with Gasteiger partial charge in [-0.25, -0.2) is 4.98 Å². The Labute approximate surface area is 103 Å². The van der Waals surface area contributed by atoms with Gasteiger partial charge < -0.3 is 21.8 Å². The first kappa shape index (κ1) is 12.1. The van der Waals surface area contributed by atoms with E-state index in [9.17, 15) is 4.79 Å². The number of hydrogen-bond donors (Lipinski definition) is 4. The normalized spacial score (nSPS) is 11.7. The lowest BCUT2D eigenvalue weighted by Gasteiger charge is -2.25. The summed E-state index contributed by atoms with van der Waals surface area (Å²) in [5.41, 5.74) is 11.4. The Morgan fingerprint density at radius 1 is 1.50 bits per heavy atom. The number of primary amides is 1. The van der Waals surface area contributed by atoms with Gasteiger partial charge in [-0.05, 0) is 13.8 Å². The molecule has 0 bridgehead atoms. The third-order valence-corrected chi connectivity index (χ3v) is 2.38. The Balaban J connectivity index is 2.36. The average molecular weight is 249 g/mol. The highest BCUT2D eigenvalue weighted by molar-refractivity contribution is 5.84. The summed E-state index contributed by atoms with van der Waals surface area (Å²) in [6.07, 6.45) is 1.68. The molecule has 96 valence electrons. The summed E-state index contributed by atoms with van der Waals surface area (Å²) < 4.78 is 0. The zero-order chi connectivity index (χ0) is 13.3. The molecule has 1 amide bonds. The Morgan fingerprint density at radius 3 is 2.89 bits per heavy atom. The largest absolute Gasteiger partial charge is 0.370 e. The lowest BCUT2D eigenvalue weighted by atomic mass is 10.0. The molecule has 0 radical (unpaired) electrons. The Kier molecular flexibility index (Phi) is 2.77. The first-order valence-corrected chi connectivity index (χ1v) is 5.40. The van der Waals surface area contributed by atoms with Crippen LogP contribution in [0.3, 0.4) is 0 Å². The number of fused-ring (bicyclic) bond motifs is 1. The minimum absolute atomic E-state index is 0.118. The van der Waals surface area contributed by atoms with Crippen molar-refractivity contribution in [1.29, 1.82) is 0 Å².